The number of nitrogens with zero attached hydrogens (tertiary/aromatic N) is 3. The van der Waals surface area contributed by atoms with Crippen LogP contribution in [0.25, 0.3) is 11.0 Å². The van der Waals surface area contributed by atoms with Crippen LogP contribution in [0.5, 0.6) is 0 Å². The molecule has 2 heterocycles. The van der Waals surface area contributed by atoms with Gasteiger partial charge in [-0.25, -0.2) is 9.78 Å². The highest BCUT2D eigenvalue weighted by Crippen LogP contribution is 2.43. The molecule has 0 bridgehead atoms. The van der Waals surface area contributed by atoms with Crippen molar-refractivity contribution in [1.29, 1.82) is 0 Å². The number of halogens is 2. The number of amides is 1. The molecular formula is C37H41Cl2N3O6. The minimum atomic E-state index is -1.38. The summed E-state index contributed by atoms with van der Waals surface area (Å²) in [5.74, 6) is -0.0509. The fourth-order valence-corrected chi connectivity index (χ4v) is 6.70. The van der Waals surface area contributed by atoms with Crippen molar-refractivity contribution in [1.82, 2.24) is 14.5 Å². The highest BCUT2D eigenvalue weighted by molar-refractivity contribution is 6.30. The molecule has 48 heavy (non-hydrogen) atoms. The normalized spacial score (nSPS) is 14.2. The second-order valence-electron chi connectivity index (χ2n) is 12.9. The average Bonchev–Trinajstić information content (AvgIpc) is 3.42. The third-order valence-electron chi connectivity index (χ3n) is 8.58. The molecule has 0 spiro atoms. The van der Waals surface area contributed by atoms with E-state index < -0.39 is 17.0 Å². The minimum absolute atomic E-state index is 0.0280. The fraction of sp³-hybridized carbons (Fsp3) is 0.405. The standard InChI is InChI=1S/C37H41Cl2N3O6/c1-6-47-33(43)18-17-32-40-30-16-11-26(23-31(30)42(32)29-19-21-41(22-20-29)35(45)48-36(2,3)4)37(34(44)46-5,24-7-12-27(38)13-8-24)25-9-14-28(39)15-10-25/h7-16,23,29H,6,17-22H2,1-5H3. The Morgan fingerprint density at radius 3 is 1.96 bits per heavy atom. The number of methoxy groups -OCH3 is 1. The van der Waals surface area contributed by atoms with Crippen LogP contribution in [0.4, 0.5) is 4.79 Å². The van der Waals surface area contributed by atoms with E-state index in [2.05, 4.69) is 4.57 Å². The molecule has 9 nitrogen and oxygen atoms in total. The lowest BCUT2D eigenvalue weighted by atomic mass is 9.69. The largest absolute Gasteiger partial charge is 0.468 e. The number of hydrogen-bond acceptors (Lipinski definition) is 7. The summed E-state index contributed by atoms with van der Waals surface area (Å²) in [5, 5.41) is 1.07. The zero-order chi connectivity index (χ0) is 34.6. The third-order valence-corrected chi connectivity index (χ3v) is 9.08. The van der Waals surface area contributed by atoms with Crippen molar-refractivity contribution >= 4 is 52.3 Å². The summed E-state index contributed by atoms with van der Waals surface area (Å²) in [4.78, 5) is 46.1. The van der Waals surface area contributed by atoms with Crippen LogP contribution in [0.15, 0.2) is 66.7 Å². The molecule has 0 unspecified atom stereocenters. The minimum Gasteiger partial charge on any atom is -0.468 e. The SMILES string of the molecule is CCOC(=O)CCc1nc2ccc(C(C(=O)OC)(c3ccc(Cl)cc3)c3ccc(Cl)cc3)cc2n1C1CCN(C(=O)OC(C)(C)C)CC1. The van der Waals surface area contributed by atoms with Gasteiger partial charge >= 0.3 is 18.0 Å². The van der Waals surface area contributed by atoms with E-state index in [0.29, 0.717) is 65.7 Å². The first kappa shape index (κ1) is 35.2. The van der Waals surface area contributed by atoms with Crippen molar-refractivity contribution in [3.05, 3.63) is 99.3 Å². The number of ether oxygens (including phenoxy) is 3. The molecule has 0 radical (unpaired) electrons. The zero-order valence-electron chi connectivity index (χ0n) is 27.9. The van der Waals surface area contributed by atoms with Gasteiger partial charge < -0.3 is 23.7 Å². The van der Waals surface area contributed by atoms with Crippen LogP contribution in [0.2, 0.25) is 10.0 Å². The Labute approximate surface area is 291 Å². The maximum Gasteiger partial charge on any atom is 0.410 e. The number of rotatable bonds is 9. The Bertz CT molecular complexity index is 1730. The Morgan fingerprint density at radius 1 is 0.875 bits per heavy atom. The first-order valence-corrected chi connectivity index (χ1v) is 16.9. The van der Waals surface area contributed by atoms with Crippen molar-refractivity contribution in [2.24, 2.45) is 0 Å². The molecule has 0 saturated carbocycles. The van der Waals surface area contributed by atoms with Crippen molar-refractivity contribution in [2.75, 3.05) is 26.8 Å². The number of fused-ring (bicyclic) bond motifs is 1. The molecule has 3 aromatic carbocycles. The predicted octanol–water partition coefficient (Wildman–Crippen LogP) is 7.92. The number of imidazole rings is 1. The molecule has 0 aliphatic carbocycles. The topological polar surface area (TPSA) is 100.0 Å². The van der Waals surface area contributed by atoms with Gasteiger partial charge in [-0.05, 0) is 93.6 Å². The summed E-state index contributed by atoms with van der Waals surface area (Å²) < 4.78 is 18.5. The zero-order valence-corrected chi connectivity index (χ0v) is 29.4. The highest BCUT2D eigenvalue weighted by atomic mass is 35.5. The van der Waals surface area contributed by atoms with Crippen molar-refractivity contribution in [3.8, 4) is 0 Å². The maximum atomic E-state index is 14.2. The Morgan fingerprint density at radius 2 is 1.44 bits per heavy atom. The average molecular weight is 695 g/mol. The number of carbonyl (C=O) groups excluding carboxylic acids is 3. The quantitative estimate of drug-likeness (QED) is 0.0997. The van der Waals surface area contributed by atoms with Crippen LogP contribution >= 0.6 is 23.2 Å². The van der Waals surface area contributed by atoms with Crippen LogP contribution < -0.4 is 0 Å². The fourth-order valence-electron chi connectivity index (χ4n) is 6.45. The van der Waals surface area contributed by atoms with Gasteiger partial charge in [0.2, 0.25) is 0 Å². The van der Waals surface area contributed by atoms with Crippen LogP contribution in [0.1, 0.15) is 75.5 Å². The molecule has 11 heteroatoms. The van der Waals surface area contributed by atoms with Gasteiger partial charge in [0.05, 0.1) is 31.2 Å². The number of hydrogen-bond donors (Lipinski definition) is 0. The van der Waals surface area contributed by atoms with Gasteiger partial charge in [0.1, 0.15) is 16.8 Å². The second kappa shape index (κ2) is 14.6. The molecule has 1 amide bonds. The molecule has 1 fully saturated rings. The van der Waals surface area contributed by atoms with Crippen LogP contribution in [-0.4, -0.2) is 64.9 Å². The Balaban J connectivity index is 1.65. The van der Waals surface area contributed by atoms with E-state index in [1.54, 1.807) is 36.1 Å². The first-order chi connectivity index (χ1) is 22.9. The number of likely N-dealkylation sites (tertiary alicyclic amines) is 1. The predicted molar refractivity (Wildman–Crippen MR) is 186 cm³/mol. The molecule has 0 N–H and O–H groups in total. The van der Waals surface area contributed by atoms with E-state index in [0.717, 1.165) is 16.9 Å². The monoisotopic (exact) mass is 693 g/mol. The first-order valence-electron chi connectivity index (χ1n) is 16.1. The number of aryl methyl sites for hydroxylation is 1. The number of piperidine rings is 1. The van der Waals surface area contributed by atoms with E-state index in [1.165, 1.54) is 7.11 Å². The Hall–Kier alpha value is -4.08. The van der Waals surface area contributed by atoms with Gasteiger partial charge in [-0.15, -0.1) is 0 Å². The summed E-state index contributed by atoms with van der Waals surface area (Å²) in [6, 6.07) is 20.0. The van der Waals surface area contributed by atoms with Gasteiger partial charge in [-0.2, -0.15) is 0 Å². The summed E-state index contributed by atoms with van der Waals surface area (Å²) in [5.41, 5.74) is 1.55. The van der Waals surface area contributed by atoms with E-state index in [1.807, 2.05) is 63.2 Å². The van der Waals surface area contributed by atoms with Gasteiger partial charge in [0.15, 0.2) is 0 Å². The van der Waals surface area contributed by atoms with E-state index in [4.69, 9.17) is 42.4 Å². The Kier molecular flexibility index (Phi) is 10.7. The van der Waals surface area contributed by atoms with Crippen LogP contribution in [0, 0.1) is 0 Å². The van der Waals surface area contributed by atoms with Crippen molar-refractivity contribution < 1.29 is 28.6 Å². The van der Waals surface area contributed by atoms with Crippen molar-refractivity contribution in [2.45, 2.75) is 70.4 Å². The van der Waals surface area contributed by atoms with Crippen LogP contribution in [0.3, 0.4) is 0 Å². The van der Waals surface area contributed by atoms with Gasteiger partial charge in [-0.1, -0.05) is 53.5 Å². The highest BCUT2D eigenvalue weighted by Gasteiger charge is 2.45. The van der Waals surface area contributed by atoms with Gasteiger partial charge in [0.25, 0.3) is 0 Å². The summed E-state index contributed by atoms with van der Waals surface area (Å²) in [6.45, 7) is 8.63. The number of aromatic nitrogens is 2. The molecule has 254 valence electrons. The van der Waals surface area contributed by atoms with E-state index in [9.17, 15) is 14.4 Å². The molecule has 1 aliphatic rings. The smallest absolute Gasteiger partial charge is 0.410 e. The summed E-state index contributed by atoms with van der Waals surface area (Å²) in [6.07, 6.45) is 1.50. The molecule has 1 aliphatic heterocycles. The molecule has 5 rings (SSSR count). The second-order valence-corrected chi connectivity index (χ2v) is 13.7. The van der Waals surface area contributed by atoms with Crippen molar-refractivity contribution in [3.63, 3.8) is 0 Å². The summed E-state index contributed by atoms with van der Waals surface area (Å²) in [7, 11) is 1.37. The van der Waals surface area contributed by atoms with Crippen LogP contribution in [-0.2, 0) is 35.6 Å². The summed E-state index contributed by atoms with van der Waals surface area (Å²) >= 11 is 12.6. The number of carbonyl (C=O) groups is 3. The molecule has 1 aromatic heterocycles. The molecule has 4 aromatic rings. The van der Waals surface area contributed by atoms with E-state index >= 15 is 0 Å². The molecular weight excluding hydrogens is 653 g/mol. The third kappa shape index (κ3) is 7.32. The lowest BCUT2D eigenvalue weighted by molar-refractivity contribution is -0.144. The maximum absolute atomic E-state index is 14.2. The lowest BCUT2D eigenvalue weighted by Gasteiger charge is -2.35. The van der Waals surface area contributed by atoms with Gasteiger partial charge in [-0.3, -0.25) is 9.59 Å². The number of benzene rings is 3. The molecule has 1 saturated heterocycles. The lowest BCUT2D eigenvalue weighted by Crippen LogP contribution is -2.42. The van der Waals surface area contributed by atoms with E-state index in [-0.39, 0.29) is 24.5 Å². The number of esters is 2. The van der Waals surface area contributed by atoms with Gasteiger partial charge in [0, 0.05) is 35.6 Å². The molecule has 0 atom stereocenters.